The van der Waals surface area contributed by atoms with E-state index >= 15 is 0 Å². The lowest BCUT2D eigenvalue weighted by Gasteiger charge is -2.21. The monoisotopic (exact) mass is 331 g/mol. The van der Waals surface area contributed by atoms with Gasteiger partial charge in [0.2, 0.25) is 0 Å². The number of hydrogen-bond donors (Lipinski definition) is 0. The summed E-state index contributed by atoms with van der Waals surface area (Å²) in [7, 11) is 0. The summed E-state index contributed by atoms with van der Waals surface area (Å²) in [6, 6.07) is 17.2. The second-order valence-electron chi connectivity index (χ2n) is 5.60. The van der Waals surface area contributed by atoms with Gasteiger partial charge in [-0.25, -0.2) is 4.79 Å². The first-order valence-corrected chi connectivity index (χ1v) is 8.01. The molecule has 2 aromatic rings. The molecular formula is C21H17NO3. The zero-order valence-corrected chi connectivity index (χ0v) is 14.1. The first-order chi connectivity index (χ1) is 12.1. The normalized spacial score (nSPS) is 14.5. The van der Waals surface area contributed by atoms with Gasteiger partial charge in [-0.1, -0.05) is 42.0 Å². The maximum absolute atomic E-state index is 12.2. The number of carbonyl (C=O) groups is 1. The number of hydrogen-bond acceptors (Lipinski definition) is 4. The fraction of sp³-hybridized carbons (Fsp3) is 0.143. The summed E-state index contributed by atoms with van der Waals surface area (Å²) < 4.78 is 11.0. The Morgan fingerprint density at radius 2 is 1.96 bits per heavy atom. The highest BCUT2D eigenvalue weighted by molar-refractivity contribution is 6.06. The van der Waals surface area contributed by atoms with Crippen molar-refractivity contribution in [2.75, 3.05) is 6.61 Å². The summed E-state index contributed by atoms with van der Waals surface area (Å²) >= 11 is 0. The van der Waals surface area contributed by atoms with Gasteiger partial charge in [-0.3, -0.25) is 0 Å². The van der Waals surface area contributed by atoms with Crippen LogP contribution in [0.15, 0.2) is 60.2 Å². The van der Waals surface area contributed by atoms with Crippen LogP contribution in [0.5, 0.6) is 5.75 Å². The Bertz CT molecular complexity index is 918. The number of nitrogens with zero attached hydrogens (tertiary/aromatic N) is 1. The summed E-state index contributed by atoms with van der Waals surface area (Å²) in [6.07, 6.45) is 1.73. The predicted molar refractivity (Wildman–Crippen MR) is 95.4 cm³/mol. The van der Waals surface area contributed by atoms with E-state index in [4.69, 9.17) is 9.47 Å². The minimum absolute atomic E-state index is 0.0227. The Kier molecular flexibility index (Phi) is 4.67. The number of esters is 1. The van der Waals surface area contributed by atoms with E-state index in [1.807, 2.05) is 61.5 Å². The van der Waals surface area contributed by atoms with Crippen LogP contribution in [0.4, 0.5) is 0 Å². The van der Waals surface area contributed by atoms with E-state index in [0.29, 0.717) is 22.6 Å². The molecule has 4 heteroatoms. The summed E-state index contributed by atoms with van der Waals surface area (Å²) in [5.41, 5.74) is 3.09. The summed E-state index contributed by atoms with van der Waals surface area (Å²) in [6.45, 7) is 3.87. The number of nitriles is 1. The van der Waals surface area contributed by atoms with Gasteiger partial charge in [-0.05, 0) is 32.1 Å². The third-order valence-corrected chi connectivity index (χ3v) is 3.84. The van der Waals surface area contributed by atoms with E-state index in [9.17, 15) is 10.1 Å². The molecule has 3 rings (SSSR count). The number of aryl methyl sites for hydroxylation is 1. The van der Waals surface area contributed by atoms with E-state index in [2.05, 4.69) is 0 Å². The average Bonchev–Trinajstić information content (AvgIpc) is 2.63. The molecule has 0 saturated heterocycles. The molecule has 0 saturated carbocycles. The number of allylic oxidation sites excluding steroid dienone is 2. The van der Waals surface area contributed by atoms with Gasteiger partial charge in [0, 0.05) is 16.7 Å². The van der Waals surface area contributed by atoms with Crippen molar-refractivity contribution < 1.29 is 14.3 Å². The summed E-state index contributed by atoms with van der Waals surface area (Å²) in [4.78, 5) is 12.2. The van der Waals surface area contributed by atoms with Crippen molar-refractivity contribution in [3.63, 3.8) is 0 Å². The Hall–Kier alpha value is -3.32. The van der Waals surface area contributed by atoms with E-state index < -0.39 is 5.97 Å². The van der Waals surface area contributed by atoms with Crippen LogP contribution in [-0.4, -0.2) is 12.6 Å². The SMILES string of the molecule is CCOC(=O)C(C#N)=C1C=C(c2ccccc2)Oc2ccc(C)cc21. The third-order valence-electron chi connectivity index (χ3n) is 3.84. The van der Waals surface area contributed by atoms with Crippen LogP contribution in [0, 0.1) is 18.3 Å². The second kappa shape index (κ2) is 7.06. The van der Waals surface area contributed by atoms with Gasteiger partial charge in [0.05, 0.1) is 6.61 Å². The van der Waals surface area contributed by atoms with Crippen molar-refractivity contribution in [2.24, 2.45) is 0 Å². The standard InChI is InChI=1S/C21H17NO3/c1-3-24-21(23)18(13-22)16-12-20(15-7-5-4-6-8-15)25-19-10-9-14(2)11-17(16)19/h4-12H,3H2,1-2H3. The molecule has 25 heavy (non-hydrogen) atoms. The Labute approximate surface area is 146 Å². The highest BCUT2D eigenvalue weighted by Gasteiger charge is 2.24. The van der Waals surface area contributed by atoms with Crippen LogP contribution in [0.2, 0.25) is 0 Å². The van der Waals surface area contributed by atoms with Crippen LogP contribution >= 0.6 is 0 Å². The fourth-order valence-corrected chi connectivity index (χ4v) is 2.67. The van der Waals surface area contributed by atoms with Crippen molar-refractivity contribution in [1.82, 2.24) is 0 Å². The zero-order chi connectivity index (χ0) is 17.8. The molecule has 0 atom stereocenters. The lowest BCUT2D eigenvalue weighted by molar-refractivity contribution is -0.137. The maximum Gasteiger partial charge on any atom is 0.349 e. The van der Waals surface area contributed by atoms with Gasteiger partial charge in [0.25, 0.3) is 0 Å². The number of benzene rings is 2. The quantitative estimate of drug-likeness (QED) is 0.479. The molecule has 0 bridgehead atoms. The molecule has 1 aliphatic rings. The molecular weight excluding hydrogens is 314 g/mol. The number of ether oxygens (including phenoxy) is 2. The van der Waals surface area contributed by atoms with Crippen molar-refractivity contribution in [2.45, 2.75) is 13.8 Å². The van der Waals surface area contributed by atoms with Crippen molar-refractivity contribution in [1.29, 1.82) is 5.26 Å². The minimum Gasteiger partial charge on any atom is -0.462 e. The molecule has 1 heterocycles. The molecule has 0 aliphatic carbocycles. The van der Waals surface area contributed by atoms with Gasteiger partial charge in [-0.15, -0.1) is 0 Å². The number of carbonyl (C=O) groups excluding carboxylic acids is 1. The smallest absolute Gasteiger partial charge is 0.349 e. The third kappa shape index (κ3) is 3.31. The Balaban J connectivity index is 2.22. The Morgan fingerprint density at radius 3 is 2.64 bits per heavy atom. The molecule has 0 fully saturated rings. The van der Waals surface area contributed by atoms with E-state index in [1.165, 1.54) is 0 Å². The minimum atomic E-state index is -0.627. The number of fused-ring (bicyclic) bond motifs is 1. The van der Waals surface area contributed by atoms with Gasteiger partial charge in [0.1, 0.15) is 23.2 Å². The predicted octanol–water partition coefficient (Wildman–Crippen LogP) is 4.27. The van der Waals surface area contributed by atoms with Gasteiger partial charge in [0.15, 0.2) is 0 Å². The highest BCUT2D eigenvalue weighted by Crippen LogP contribution is 2.39. The largest absolute Gasteiger partial charge is 0.462 e. The molecule has 2 aromatic carbocycles. The van der Waals surface area contributed by atoms with Crippen LogP contribution in [0.3, 0.4) is 0 Å². The first-order valence-electron chi connectivity index (χ1n) is 8.01. The molecule has 0 radical (unpaired) electrons. The maximum atomic E-state index is 12.2. The van der Waals surface area contributed by atoms with Crippen molar-refractivity contribution in [3.05, 3.63) is 76.9 Å². The fourth-order valence-electron chi connectivity index (χ4n) is 2.67. The van der Waals surface area contributed by atoms with E-state index in [0.717, 1.165) is 11.1 Å². The molecule has 0 N–H and O–H groups in total. The van der Waals surface area contributed by atoms with Gasteiger partial charge < -0.3 is 9.47 Å². The van der Waals surface area contributed by atoms with Crippen molar-refractivity contribution in [3.8, 4) is 11.8 Å². The topological polar surface area (TPSA) is 59.3 Å². The lowest BCUT2D eigenvalue weighted by Crippen LogP contribution is -2.11. The zero-order valence-electron chi connectivity index (χ0n) is 14.1. The van der Waals surface area contributed by atoms with Crippen LogP contribution in [-0.2, 0) is 9.53 Å². The van der Waals surface area contributed by atoms with Crippen LogP contribution in [0.1, 0.15) is 23.6 Å². The molecule has 0 aromatic heterocycles. The number of rotatable bonds is 3. The molecule has 4 nitrogen and oxygen atoms in total. The first kappa shape index (κ1) is 16.5. The van der Waals surface area contributed by atoms with Gasteiger partial charge >= 0.3 is 5.97 Å². The summed E-state index contributed by atoms with van der Waals surface area (Å²) in [5, 5.41) is 9.55. The van der Waals surface area contributed by atoms with Crippen LogP contribution in [0.25, 0.3) is 11.3 Å². The van der Waals surface area contributed by atoms with Gasteiger partial charge in [-0.2, -0.15) is 5.26 Å². The van der Waals surface area contributed by atoms with E-state index in [-0.39, 0.29) is 12.2 Å². The lowest BCUT2D eigenvalue weighted by atomic mass is 9.94. The second-order valence-corrected chi connectivity index (χ2v) is 5.60. The molecule has 0 unspecified atom stereocenters. The average molecular weight is 331 g/mol. The molecule has 1 aliphatic heterocycles. The van der Waals surface area contributed by atoms with Crippen molar-refractivity contribution >= 4 is 17.3 Å². The highest BCUT2D eigenvalue weighted by atomic mass is 16.5. The molecule has 0 amide bonds. The Morgan fingerprint density at radius 1 is 1.20 bits per heavy atom. The molecule has 124 valence electrons. The summed E-state index contributed by atoms with van der Waals surface area (Å²) in [5.74, 6) is 0.570. The van der Waals surface area contributed by atoms with Crippen LogP contribution < -0.4 is 4.74 Å². The van der Waals surface area contributed by atoms with E-state index in [1.54, 1.807) is 13.0 Å². The molecule has 0 spiro atoms.